The molecular formula is C23H28Cl2N2O3. The fourth-order valence-corrected chi connectivity index (χ4v) is 4.04. The van der Waals surface area contributed by atoms with Gasteiger partial charge in [0.25, 0.3) is 0 Å². The molecule has 0 aromatic heterocycles. The van der Waals surface area contributed by atoms with Gasteiger partial charge in [-0.3, -0.25) is 14.4 Å². The smallest absolute Gasteiger partial charge is 0.224 e. The molecule has 5 nitrogen and oxygen atoms in total. The number of anilines is 2. The first kappa shape index (κ1) is 24.2. The molecule has 1 N–H and O–H groups in total. The van der Waals surface area contributed by atoms with Gasteiger partial charge in [0.2, 0.25) is 5.91 Å². The van der Waals surface area contributed by atoms with Crippen LogP contribution in [0.2, 0.25) is 0 Å². The molecule has 162 valence electrons. The Kier molecular flexibility index (Phi) is 8.68. The molecular weight excluding hydrogens is 423 g/mol. The van der Waals surface area contributed by atoms with Gasteiger partial charge in [-0.1, -0.05) is 6.92 Å². The van der Waals surface area contributed by atoms with Crippen LogP contribution in [0.1, 0.15) is 34.1 Å². The lowest BCUT2D eigenvalue weighted by Gasteiger charge is -2.23. The Morgan fingerprint density at radius 1 is 0.933 bits per heavy atom. The van der Waals surface area contributed by atoms with E-state index in [0.717, 1.165) is 5.69 Å². The summed E-state index contributed by atoms with van der Waals surface area (Å²) in [5, 5.41) is 2.86. The van der Waals surface area contributed by atoms with Crippen LogP contribution in [0.5, 0.6) is 0 Å². The standard InChI is InChI=1S/C23H28Cl2N2O3/c1-14(21-17(4)22(29)15(2)16(3)23(21)30)13-20(28)26-18-5-7-19(8-6-18)27(11-9-24)12-10-25/h5-8,14H,9-13H2,1-4H3,(H,26,28). The number of rotatable bonds is 9. The molecule has 1 aliphatic rings. The third kappa shape index (κ3) is 5.52. The highest BCUT2D eigenvalue weighted by Gasteiger charge is 2.31. The van der Waals surface area contributed by atoms with Crippen LogP contribution in [-0.2, 0) is 14.4 Å². The summed E-state index contributed by atoms with van der Waals surface area (Å²) >= 11 is 11.7. The summed E-state index contributed by atoms with van der Waals surface area (Å²) in [5.41, 5.74) is 3.46. The number of nitrogens with one attached hydrogen (secondary N) is 1. The number of carbonyl (C=O) groups excluding carboxylic acids is 3. The van der Waals surface area contributed by atoms with E-state index in [2.05, 4.69) is 10.2 Å². The van der Waals surface area contributed by atoms with E-state index in [4.69, 9.17) is 23.2 Å². The van der Waals surface area contributed by atoms with E-state index in [1.165, 1.54) is 0 Å². The second-order valence-corrected chi connectivity index (χ2v) is 8.27. The zero-order chi connectivity index (χ0) is 22.4. The third-order valence-corrected chi connectivity index (χ3v) is 5.78. The normalized spacial score (nSPS) is 15.5. The maximum absolute atomic E-state index is 12.7. The molecule has 0 saturated carbocycles. The van der Waals surface area contributed by atoms with Crippen molar-refractivity contribution in [3.05, 3.63) is 46.6 Å². The van der Waals surface area contributed by atoms with Gasteiger partial charge >= 0.3 is 0 Å². The van der Waals surface area contributed by atoms with Gasteiger partial charge in [0.1, 0.15) is 0 Å². The predicted molar refractivity (Wildman–Crippen MR) is 124 cm³/mol. The minimum atomic E-state index is -0.355. The number of nitrogens with zero attached hydrogens (tertiary/aromatic N) is 1. The molecule has 0 aliphatic heterocycles. The van der Waals surface area contributed by atoms with E-state index in [9.17, 15) is 14.4 Å². The van der Waals surface area contributed by atoms with Crippen molar-refractivity contribution in [1.29, 1.82) is 0 Å². The first-order chi connectivity index (χ1) is 14.2. The summed E-state index contributed by atoms with van der Waals surface area (Å²) < 4.78 is 0. The average molecular weight is 451 g/mol. The van der Waals surface area contributed by atoms with Gasteiger partial charge in [-0.25, -0.2) is 0 Å². The number of amides is 1. The van der Waals surface area contributed by atoms with Crippen LogP contribution in [-0.4, -0.2) is 42.3 Å². The van der Waals surface area contributed by atoms with Gasteiger partial charge in [0.05, 0.1) is 0 Å². The van der Waals surface area contributed by atoms with Crippen molar-refractivity contribution in [1.82, 2.24) is 0 Å². The summed E-state index contributed by atoms with van der Waals surface area (Å²) in [4.78, 5) is 39.6. The number of alkyl halides is 2. The summed E-state index contributed by atoms with van der Waals surface area (Å²) in [5.74, 6) is 0.164. The number of hydrogen-bond donors (Lipinski definition) is 1. The number of allylic oxidation sites excluding steroid dienone is 4. The summed E-state index contributed by atoms with van der Waals surface area (Å²) in [6, 6.07) is 7.46. The van der Waals surface area contributed by atoms with Gasteiger partial charge in [0, 0.05) is 64.9 Å². The molecule has 2 rings (SSSR count). The third-order valence-electron chi connectivity index (χ3n) is 5.44. The van der Waals surface area contributed by atoms with Crippen LogP contribution < -0.4 is 10.2 Å². The molecule has 0 saturated heterocycles. The van der Waals surface area contributed by atoms with Gasteiger partial charge in [-0.2, -0.15) is 0 Å². The second-order valence-electron chi connectivity index (χ2n) is 7.51. The summed E-state index contributed by atoms with van der Waals surface area (Å²) in [7, 11) is 0. The average Bonchev–Trinajstić information content (AvgIpc) is 2.71. The molecule has 1 amide bonds. The van der Waals surface area contributed by atoms with Crippen molar-refractivity contribution in [3.63, 3.8) is 0 Å². The van der Waals surface area contributed by atoms with Crippen molar-refractivity contribution >= 4 is 52.1 Å². The highest BCUT2D eigenvalue weighted by Crippen LogP contribution is 2.30. The lowest BCUT2D eigenvalue weighted by molar-refractivity contribution is -0.118. The molecule has 0 fully saturated rings. The number of ketones is 2. The van der Waals surface area contributed by atoms with E-state index in [1.807, 2.05) is 24.3 Å². The zero-order valence-electron chi connectivity index (χ0n) is 17.9. The monoisotopic (exact) mass is 450 g/mol. The maximum Gasteiger partial charge on any atom is 0.224 e. The number of halogens is 2. The lowest BCUT2D eigenvalue weighted by atomic mass is 9.79. The topological polar surface area (TPSA) is 66.5 Å². The van der Waals surface area contributed by atoms with Crippen LogP contribution in [0.15, 0.2) is 46.6 Å². The van der Waals surface area contributed by atoms with Gasteiger partial charge in [0.15, 0.2) is 11.6 Å². The minimum Gasteiger partial charge on any atom is -0.369 e. The second kappa shape index (κ2) is 10.8. The SMILES string of the molecule is CC1=C(C)C(=O)C(C(C)CC(=O)Nc2ccc(N(CCCl)CCCl)cc2)=C(C)C1=O. The first-order valence-corrected chi connectivity index (χ1v) is 11.0. The van der Waals surface area contributed by atoms with E-state index in [0.29, 0.717) is 52.8 Å². The van der Waals surface area contributed by atoms with Crippen molar-refractivity contribution in [2.24, 2.45) is 5.92 Å². The van der Waals surface area contributed by atoms with Crippen LogP contribution in [0.25, 0.3) is 0 Å². The minimum absolute atomic E-state index is 0.115. The van der Waals surface area contributed by atoms with Crippen molar-refractivity contribution in [2.45, 2.75) is 34.1 Å². The molecule has 30 heavy (non-hydrogen) atoms. The molecule has 0 radical (unpaired) electrons. The number of hydrogen-bond acceptors (Lipinski definition) is 4. The molecule has 1 aliphatic carbocycles. The summed E-state index contributed by atoms with van der Waals surface area (Å²) in [6.45, 7) is 8.16. The van der Waals surface area contributed by atoms with E-state index < -0.39 is 0 Å². The van der Waals surface area contributed by atoms with Crippen LogP contribution in [0.4, 0.5) is 11.4 Å². The highest BCUT2D eigenvalue weighted by molar-refractivity contribution is 6.24. The Balaban J connectivity index is 2.05. The van der Waals surface area contributed by atoms with Crippen molar-refractivity contribution < 1.29 is 14.4 Å². The number of carbonyl (C=O) groups is 3. The molecule has 0 spiro atoms. The fourth-order valence-electron chi connectivity index (χ4n) is 3.63. The highest BCUT2D eigenvalue weighted by atomic mass is 35.5. The van der Waals surface area contributed by atoms with Crippen molar-refractivity contribution in [3.8, 4) is 0 Å². The van der Waals surface area contributed by atoms with E-state index in [1.54, 1.807) is 27.7 Å². The van der Waals surface area contributed by atoms with E-state index >= 15 is 0 Å². The quantitative estimate of drug-likeness (QED) is 0.435. The molecule has 1 aromatic carbocycles. The number of benzene rings is 1. The Labute approximate surface area is 188 Å². The molecule has 0 bridgehead atoms. The predicted octanol–water partition coefficient (Wildman–Crippen LogP) is 4.74. The van der Waals surface area contributed by atoms with Gasteiger partial charge < -0.3 is 10.2 Å². The number of Topliss-reactive ketones (excluding diaryl/α,β-unsaturated/α-hetero) is 2. The largest absolute Gasteiger partial charge is 0.369 e. The van der Waals surface area contributed by atoms with Crippen LogP contribution in [0, 0.1) is 5.92 Å². The molecule has 0 heterocycles. The molecule has 1 unspecified atom stereocenters. The Hall–Kier alpha value is -2.11. The zero-order valence-corrected chi connectivity index (χ0v) is 19.4. The first-order valence-electron chi connectivity index (χ1n) is 9.95. The molecule has 7 heteroatoms. The Morgan fingerprint density at radius 2 is 1.47 bits per heavy atom. The van der Waals surface area contributed by atoms with Crippen LogP contribution >= 0.6 is 23.2 Å². The molecule has 1 aromatic rings. The lowest BCUT2D eigenvalue weighted by Crippen LogP contribution is -2.27. The Morgan fingerprint density at radius 3 is 2.00 bits per heavy atom. The van der Waals surface area contributed by atoms with Gasteiger partial charge in [-0.15, -0.1) is 23.2 Å². The van der Waals surface area contributed by atoms with E-state index in [-0.39, 0.29) is 29.8 Å². The van der Waals surface area contributed by atoms with Crippen molar-refractivity contribution in [2.75, 3.05) is 35.1 Å². The Bertz CT molecular complexity index is 882. The maximum atomic E-state index is 12.7. The summed E-state index contributed by atoms with van der Waals surface area (Å²) in [6.07, 6.45) is 0.115. The fraction of sp³-hybridized carbons (Fsp3) is 0.435. The van der Waals surface area contributed by atoms with Gasteiger partial charge in [-0.05, 0) is 51.0 Å². The molecule has 1 atom stereocenters. The van der Waals surface area contributed by atoms with Crippen LogP contribution in [0.3, 0.4) is 0 Å².